The maximum absolute atomic E-state index is 13.3. The van der Waals surface area contributed by atoms with E-state index in [1.54, 1.807) is 25.4 Å². The van der Waals surface area contributed by atoms with Gasteiger partial charge in [-0.15, -0.1) is 11.3 Å². The lowest BCUT2D eigenvalue weighted by atomic mass is 10.0. The highest BCUT2D eigenvalue weighted by molar-refractivity contribution is 7.14. The highest BCUT2D eigenvalue weighted by atomic mass is 32.1. The first-order valence-corrected chi connectivity index (χ1v) is 12.0. The number of rotatable bonds is 3. The Morgan fingerprint density at radius 3 is 1.60 bits per heavy atom. The molecule has 0 radical (unpaired) electrons. The average Bonchev–Trinajstić information content (AvgIpc) is 3.47. The molecule has 2 amide bonds. The summed E-state index contributed by atoms with van der Waals surface area (Å²) < 4.78 is 0. The molecule has 0 N–H and O–H groups in total. The van der Waals surface area contributed by atoms with E-state index in [9.17, 15) is 9.59 Å². The van der Waals surface area contributed by atoms with Crippen LogP contribution in [-0.2, 0) is 9.59 Å². The van der Waals surface area contributed by atoms with Crippen molar-refractivity contribution in [2.75, 3.05) is 23.9 Å². The third-order valence-corrected chi connectivity index (χ3v) is 7.35. The van der Waals surface area contributed by atoms with Crippen LogP contribution in [0.2, 0.25) is 0 Å². The largest absolute Gasteiger partial charge is 0.294 e. The molecule has 7 nitrogen and oxygen atoms in total. The second-order valence-corrected chi connectivity index (χ2v) is 10.0. The number of carbonyl (C=O) groups excluding carboxylic acids is 2. The van der Waals surface area contributed by atoms with E-state index in [0.29, 0.717) is 33.5 Å². The lowest BCUT2D eigenvalue weighted by Gasteiger charge is -2.11. The van der Waals surface area contributed by atoms with Gasteiger partial charge in [0.1, 0.15) is 15.7 Å². The molecule has 0 atom stereocenters. The molecule has 172 valence electrons. The number of carbonyl (C=O) groups is 2. The number of hydrogen-bond acceptors (Lipinski definition) is 6. The highest BCUT2D eigenvalue weighted by Gasteiger charge is 2.35. The van der Waals surface area contributed by atoms with Gasteiger partial charge in [-0.3, -0.25) is 19.4 Å². The monoisotopic (exact) mass is 479 g/mol. The quantitative estimate of drug-likeness (QED) is 0.451. The third-order valence-electron chi connectivity index (χ3n) is 6.39. The predicted octanol–water partition coefficient (Wildman–Crippen LogP) is 2.57. The summed E-state index contributed by atoms with van der Waals surface area (Å²) in [7, 11) is 3.38. The summed E-state index contributed by atoms with van der Waals surface area (Å²) in [5.74, 6) is 0.578. The van der Waals surface area contributed by atoms with Gasteiger partial charge in [-0.2, -0.15) is 0 Å². The molecular weight excluding hydrogens is 458 g/mol. The van der Waals surface area contributed by atoms with Crippen molar-refractivity contribution in [2.45, 2.75) is 13.8 Å². The molecule has 2 aromatic carbocycles. The fourth-order valence-electron chi connectivity index (χ4n) is 4.46. The first-order valence-electron chi connectivity index (χ1n) is 11.2. The Balaban J connectivity index is 1.55. The Bertz CT molecular complexity index is 1670. The van der Waals surface area contributed by atoms with E-state index in [1.165, 1.54) is 9.80 Å². The van der Waals surface area contributed by atoms with Gasteiger partial charge >= 0.3 is 0 Å². The lowest BCUT2D eigenvalue weighted by molar-refractivity contribution is -0.113. The Morgan fingerprint density at radius 1 is 0.686 bits per heavy atom. The van der Waals surface area contributed by atoms with Gasteiger partial charge in [0, 0.05) is 30.7 Å². The molecule has 6 rings (SSSR count). The van der Waals surface area contributed by atoms with Crippen molar-refractivity contribution in [1.82, 2.24) is 15.0 Å². The van der Waals surface area contributed by atoms with Crippen LogP contribution in [0.15, 0.2) is 54.7 Å². The maximum Gasteiger partial charge on any atom is 0.262 e. The summed E-state index contributed by atoms with van der Waals surface area (Å²) in [6.07, 6.45) is 1.85. The van der Waals surface area contributed by atoms with Crippen LogP contribution in [0.5, 0.6) is 0 Å². The zero-order valence-corrected chi connectivity index (χ0v) is 20.5. The molecule has 0 fully saturated rings. The van der Waals surface area contributed by atoms with Gasteiger partial charge in [0.15, 0.2) is 11.6 Å². The summed E-state index contributed by atoms with van der Waals surface area (Å²) >= 11 is 1.63. The van der Waals surface area contributed by atoms with Gasteiger partial charge < -0.3 is 0 Å². The molecule has 0 saturated heterocycles. The number of fused-ring (bicyclic) bond motifs is 2. The van der Waals surface area contributed by atoms with Crippen molar-refractivity contribution in [1.29, 1.82) is 0 Å². The fraction of sp³-hybridized carbons (Fsp3) is 0.148. The molecule has 0 unspecified atom stereocenters. The molecule has 4 aromatic rings. The van der Waals surface area contributed by atoms with Gasteiger partial charge in [-0.05, 0) is 25.0 Å². The second-order valence-electron chi connectivity index (χ2n) is 8.77. The molecular formula is C27H21N5O2S. The van der Waals surface area contributed by atoms with Gasteiger partial charge in [0.05, 0.1) is 11.1 Å². The van der Waals surface area contributed by atoms with E-state index < -0.39 is 0 Å². The number of aromatic nitrogens is 3. The van der Waals surface area contributed by atoms with Crippen molar-refractivity contribution >= 4 is 45.9 Å². The minimum atomic E-state index is -0.174. The Labute approximate surface area is 205 Å². The van der Waals surface area contributed by atoms with Crippen molar-refractivity contribution in [2.24, 2.45) is 0 Å². The predicted molar refractivity (Wildman–Crippen MR) is 137 cm³/mol. The summed E-state index contributed by atoms with van der Waals surface area (Å²) in [5.41, 5.74) is 4.61. The Morgan fingerprint density at radius 2 is 1.14 bits per heavy atom. The molecule has 2 aliphatic rings. The van der Waals surface area contributed by atoms with Crippen LogP contribution in [0.3, 0.4) is 0 Å². The molecule has 4 heterocycles. The SMILES string of the molecule is Cc1ccc(C2=c3nc4c(nc3N(C)C2=O)=C(c2ccc(-c3ncc(C)s3)cc2)C(=O)N4C)cc1. The van der Waals surface area contributed by atoms with Gasteiger partial charge in [0.25, 0.3) is 11.8 Å². The number of amides is 2. The number of nitrogens with zero attached hydrogens (tertiary/aromatic N) is 5. The zero-order chi connectivity index (χ0) is 24.4. The highest BCUT2D eigenvalue weighted by Crippen LogP contribution is 2.29. The number of hydrogen-bond donors (Lipinski definition) is 0. The van der Waals surface area contributed by atoms with Crippen molar-refractivity contribution in [3.63, 3.8) is 0 Å². The summed E-state index contributed by atoms with van der Waals surface area (Å²) in [5, 5.41) is 1.92. The van der Waals surface area contributed by atoms with Gasteiger partial charge in [-0.1, -0.05) is 54.1 Å². The van der Waals surface area contributed by atoms with E-state index >= 15 is 0 Å². The van der Waals surface area contributed by atoms with Crippen molar-refractivity contribution in [3.8, 4) is 10.6 Å². The van der Waals surface area contributed by atoms with E-state index in [0.717, 1.165) is 32.1 Å². The molecule has 0 bridgehead atoms. The number of anilines is 2. The van der Waals surface area contributed by atoms with Crippen molar-refractivity contribution in [3.05, 3.63) is 87.0 Å². The van der Waals surface area contributed by atoms with E-state index in [4.69, 9.17) is 9.97 Å². The molecule has 0 spiro atoms. The second kappa shape index (κ2) is 7.68. The van der Waals surface area contributed by atoms with Crippen LogP contribution in [0.1, 0.15) is 21.6 Å². The van der Waals surface area contributed by atoms with Gasteiger partial charge in [-0.25, -0.2) is 15.0 Å². The number of likely N-dealkylation sites (N-methyl/N-ethyl adjacent to an activating group) is 2. The first kappa shape index (κ1) is 21.4. The van der Waals surface area contributed by atoms with Crippen LogP contribution >= 0.6 is 11.3 Å². The van der Waals surface area contributed by atoms with Crippen LogP contribution < -0.4 is 20.5 Å². The maximum atomic E-state index is 13.3. The van der Waals surface area contributed by atoms with Gasteiger partial charge in [0.2, 0.25) is 0 Å². The summed E-state index contributed by atoms with van der Waals surface area (Å²) in [6, 6.07) is 15.5. The minimum absolute atomic E-state index is 0.161. The van der Waals surface area contributed by atoms with Crippen molar-refractivity contribution < 1.29 is 9.59 Å². The topological polar surface area (TPSA) is 79.3 Å². The Hall–Kier alpha value is -4.17. The smallest absolute Gasteiger partial charge is 0.262 e. The molecule has 2 aromatic heterocycles. The number of benzene rings is 2. The number of aryl methyl sites for hydroxylation is 2. The first-order chi connectivity index (χ1) is 16.8. The standard InChI is InChI=1S/C27H21N5O2S/c1-14-5-7-16(8-6-14)19-21-23(31(3)26(19)33)30-22-20(27(34)32(4)24(22)29-21)17-9-11-18(12-10-17)25-28-13-15(2)35-25/h5-13H,1-4H3. The normalized spacial score (nSPS) is 14.7. The molecule has 0 saturated carbocycles. The van der Waals surface area contributed by atoms with Crippen LogP contribution in [0, 0.1) is 13.8 Å². The average molecular weight is 480 g/mol. The van der Waals surface area contributed by atoms with Crippen LogP contribution in [0.4, 0.5) is 11.6 Å². The number of thiazole rings is 1. The molecule has 8 heteroatoms. The van der Waals surface area contributed by atoms with Crippen LogP contribution in [-0.4, -0.2) is 40.9 Å². The third kappa shape index (κ3) is 3.21. The zero-order valence-electron chi connectivity index (χ0n) is 19.7. The Kier molecular flexibility index (Phi) is 4.69. The van der Waals surface area contributed by atoms with E-state index in [1.807, 2.05) is 68.6 Å². The van der Waals surface area contributed by atoms with E-state index in [-0.39, 0.29) is 11.8 Å². The molecule has 2 aliphatic heterocycles. The van der Waals surface area contributed by atoms with Crippen LogP contribution in [0.25, 0.3) is 21.7 Å². The lowest BCUT2D eigenvalue weighted by Crippen LogP contribution is -2.29. The van der Waals surface area contributed by atoms with E-state index in [2.05, 4.69) is 4.98 Å². The summed E-state index contributed by atoms with van der Waals surface area (Å²) in [6.45, 7) is 4.02. The molecule has 35 heavy (non-hydrogen) atoms. The minimum Gasteiger partial charge on any atom is -0.294 e. The fourth-order valence-corrected chi connectivity index (χ4v) is 5.23. The molecule has 0 aliphatic carbocycles. The summed E-state index contributed by atoms with van der Waals surface area (Å²) in [4.78, 5) is 44.7.